The quantitative estimate of drug-likeness (QED) is 0.702. The minimum atomic E-state index is -0.382. The molecular formula is C15H11FN2OS. The number of carbonyl (C=O) groups is 1. The Hall–Kier alpha value is -2.40. The summed E-state index contributed by atoms with van der Waals surface area (Å²) in [5.74, 6) is -0.637. The minimum Gasteiger partial charge on any atom is -0.399 e. The zero-order valence-corrected chi connectivity index (χ0v) is 11.2. The maximum Gasteiger partial charge on any atom is 0.265 e. The number of amides is 1. The van der Waals surface area contributed by atoms with Gasteiger partial charge in [-0.1, -0.05) is 6.07 Å². The first kappa shape index (κ1) is 12.6. The third-order valence-corrected chi connectivity index (χ3v) is 3.96. The Balaban J connectivity index is 1.88. The van der Waals surface area contributed by atoms with Crippen molar-refractivity contribution in [3.05, 3.63) is 59.2 Å². The van der Waals surface area contributed by atoms with Crippen molar-refractivity contribution in [2.45, 2.75) is 0 Å². The van der Waals surface area contributed by atoms with E-state index in [-0.39, 0.29) is 11.7 Å². The SMILES string of the molecule is Nc1ccc2sc(C(=O)Nc3cccc(F)c3)cc2c1. The van der Waals surface area contributed by atoms with Crippen LogP contribution in [0.2, 0.25) is 0 Å². The van der Waals surface area contributed by atoms with E-state index in [1.807, 2.05) is 12.1 Å². The first-order valence-corrected chi connectivity index (χ1v) is 6.79. The van der Waals surface area contributed by atoms with Gasteiger partial charge in [0.25, 0.3) is 5.91 Å². The molecule has 0 saturated heterocycles. The predicted octanol–water partition coefficient (Wildman–Crippen LogP) is 3.87. The summed E-state index contributed by atoms with van der Waals surface area (Å²) in [4.78, 5) is 12.7. The molecular weight excluding hydrogens is 275 g/mol. The van der Waals surface area contributed by atoms with E-state index in [4.69, 9.17) is 5.73 Å². The molecule has 20 heavy (non-hydrogen) atoms. The average molecular weight is 286 g/mol. The lowest BCUT2D eigenvalue weighted by molar-refractivity contribution is 0.103. The molecule has 0 atom stereocenters. The van der Waals surface area contributed by atoms with Crippen LogP contribution >= 0.6 is 11.3 Å². The summed E-state index contributed by atoms with van der Waals surface area (Å²) in [7, 11) is 0. The van der Waals surface area contributed by atoms with Gasteiger partial charge in [0.05, 0.1) is 4.88 Å². The van der Waals surface area contributed by atoms with Crippen molar-refractivity contribution in [2.24, 2.45) is 0 Å². The maximum absolute atomic E-state index is 13.1. The van der Waals surface area contributed by atoms with E-state index in [9.17, 15) is 9.18 Å². The molecule has 0 unspecified atom stereocenters. The van der Waals surface area contributed by atoms with Crippen LogP contribution < -0.4 is 11.1 Å². The molecule has 5 heteroatoms. The van der Waals surface area contributed by atoms with Crippen LogP contribution in [0.5, 0.6) is 0 Å². The van der Waals surface area contributed by atoms with Gasteiger partial charge in [0.2, 0.25) is 0 Å². The standard InChI is InChI=1S/C15H11FN2OS/c16-10-2-1-3-12(8-10)18-15(19)14-7-9-6-11(17)4-5-13(9)20-14/h1-8H,17H2,(H,18,19). The summed E-state index contributed by atoms with van der Waals surface area (Å²) in [5, 5.41) is 3.60. The highest BCUT2D eigenvalue weighted by molar-refractivity contribution is 7.20. The fourth-order valence-corrected chi connectivity index (χ4v) is 2.87. The second-order valence-electron chi connectivity index (χ2n) is 4.37. The number of carbonyl (C=O) groups excluding carboxylic acids is 1. The molecule has 3 nitrogen and oxygen atoms in total. The van der Waals surface area contributed by atoms with Crippen LogP contribution in [0.15, 0.2) is 48.5 Å². The molecule has 1 amide bonds. The number of nitrogens with one attached hydrogen (secondary N) is 1. The molecule has 0 aliphatic carbocycles. The number of nitrogen functional groups attached to an aromatic ring is 1. The van der Waals surface area contributed by atoms with E-state index in [1.54, 1.807) is 24.3 Å². The van der Waals surface area contributed by atoms with Crippen molar-refractivity contribution < 1.29 is 9.18 Å². The number of nitrogens with two attached hydrogens (primary N) is 1. The molecule has 2 aromatic carbocycles. The smallest absolute Gasteiger partial charge is 0.265 e. The topological polar surface area (TPSA) is 55.1 Å². The van der Waals surface area contributed by atoms with E-state index in [1.165, 1.54) is 23.5 Å². The molecule has 0 aliphatic heterocycles. The van der Waals surface area contributed by atoms with E-state index in [2.05, 4.69) is 5.32 Å². The summed E-state index contributed by atoms with van der Waals surface area (Å²) in [6.45, 7) is 0. The van der Waals surface area contributed by atoms with Crippen LogP contribution in [-0.4, -0.2) is 5.91 Å². The Kier molecular flexibility index (Phi) is 3.12. The van der Waals surface area contributed by atoms with E-state index in [0.717, 1.165) is 10.1 Å². The first-order chi connectivity index (χ1) is 9.61. The highest BCUT2D eigenvalue weighted by atomic mass is 32.1. The van der Waals surface area contributed by atoms with Gasteiger partial charge in [0.15, 0.2) is 0 Å². The van der Waals surface area contributed by atoms with Gasteiger partial charge in [-0.25, -0.2) is 4.39 Å². The summed E-state index contributed by atoms with van der Waals surface area (Å²) >= 11 is 1.38. The molecule has 0 spiro atoms. The van der Waals surface area contributed by atoms with E-state index < -0.39 is 0 Å². The molecule has 100 valence electrons. The normalized spacial score (nSPS) is 10.7. The fourth-order valence-electron chi connectivity index (χ4n) is 1.93. The van der Waals surface area contributed by atoms with Gasteiger partial charge < -0.3 is 11.1 Å². The summed E-state index contributed by atoms with van der Waals surface area (Å²) in [6.07, 6.45) is 0. The number of halogens is 1. The van der Waals surface area contributed by atoms with Crippen LogP contribution in [0, 0.1) is 5.82 Å². The highest BCUT2D eigenvalue weighted by Gasteiger charge is 2.11. The monoisotopic (exact) mass is 286 g/mol. The van der Waals surface area contributed by atoms with Crippen LogP contribution in [-0.2, 0) is 0 Å². The number of hydrogen-bond donors (Lipinski definition) is 2. The van der Waals surface area contributed by atoms with Crippen molar-refractivity contribution >= 4 is 38.7 Å². The summed E-state index contributed by atoms with van der Waals surface area (Å²) in [6, 6.07) is 13.1. The average Bonchev–Trinajstić information content (AvgIpc) is 2.81. The maximum atomic E-state index is 13.1. The molecule has 3 rings (SSSR count). The molecule has 1 aromatic heterocycles. The van der Waals surface area contributed by atoms with Crippen molar-refractivity contribution in [1.82, 2.24) is 0 Å². The Morgan fingerprint density at radius 3 is 2.80 bits per heavy atom. The molecule has 0 fully saturated rings. The number of rotatable bonds is 2. The van der Waals surface area contributed by atoms with Gasteiger partial charge in [-0.3, -0.25) is 4.79 Å². The van der Waals surface area contributed by atoms with Gasteiger partial charge in [-0.2, -0.15) is 0 Å². The Morgan fingerprint density at radius 2 is 2.00 bits per heavy atom. The molecule has 0 radical (unpaired) electrons. The second-order valence-corrected chi connectivity index (χ2v) is 5.46. The zero-order chi connectivity index (χ0) is 14.1. The lowest BCUT2D eigenvalue weighted by Gasteiger charge is -2.02. The van der Waals surface area contributed by atoms with Gasteiger partial charge in [0.1, 0.15) is 5.82 Å². The fraction of sp³-hybridized carbons (Fsp3) is 0. The number of anilines is 2. The van der Waals surface area contributed by atoms with Crippen molar-refractivity contribution in [2.75, 3.05) is 11.1 Å². The molecule has 3 aromatic rings. The Labute approximate surface area is 118 Å². The number of benzene rings is 2. The Morgan fingerprint density at radius 1 is 1.15 bits per heavy atom. The molecule has 0 aliphatic rings. The molecule has 0 saturated carbocycles. The molecule has 0 bridgehead atoms. The number of hydrogen-bond acceptors (Lipinski definition) is 3. The van der Waals surface area contributed by atoms with Gasteiger partial charge in [0, 0.05) is 16.1 Å². The van der Waals surface area contributed by atoms with E-state index in [0.29, 0.717) is 16.3 Å². The third-order valence-electron chi connectivity index (χ3n) is 2.85. The lowest BCUT2D eigenvalue weighted by atomic mass is 10.2. The zero-order valence-electron chi connectivity index (χ0n) is 10.4. The van der Waals surface area contributed by atoms with Crippen LogP contribution in [0.25, 0.3) is 10.1 Å². The minimum absolute atomic E-state index is 0.254. The highest BCUT2D eigenvalue weighted by Crippen LogP contribution is 2.27. The van der Waals surface area contributed by atoms with Gasteiger partial charge >= 0.3 is 0 Å². The van der Waals surface area contributed by atoms with Crippen LogP contribution in [0.4, 0.5) is 15.8 Å². The first-order valence-electron chi connectivity index (χ1n) is 5.98. The van der Waals surface area contributed by atoms with E-state index >= 15 is 0 Å². The lowest BCUT2D eigenvalue weighted by Crippen LogP contribution is -2.09. The number of thiophene rings is 1. The number of fused-ring (bicyclic) bond motifs is 1. The third kappa shape index (κ3) is 2.48. The summed E-state index contributed by atoms with van der Waals surface area (Å²) < 4.78 is 14.1. The van der Waals surface area contributed by atoms with Crippen molar-refractivity contribution in [3.8, 4) is 0 Å². The van der Waals surface area contributed by atoms with Crippen molar-refractivity contribution in [1.29, 1.82) is 0 Å². The van der Waals surface area contributed by atoms with Gasteiger partial charge in [-0.05, 0) is 47.9 Å². The Bertz CT molecular complexity index is 797. The molecule has 3 N–H and O–H groups in total. The summed E-state index contributed by atoms with van der Waals surface area (Å²) in [5.41, 5.74) is 6.81. The van der Waals surface area contributed by atoms with Crippen molar-refractivity contribution in [3.63, 3.8) is 0 Å². The largest absolute Gasteiger partial charge is 0.399 e. The van der Waals surface area contributed by atoms with Gasteiger partial charge in [-0.15, -0.1) is 11.3 Å². The van der Waals surface area contributed by atoms with Crippen LogP contribution in [0.3, 0.4) is 0 Å². The second kappa shape index (κ2) is 4.94. The van der Waals surface area contributed by atoms with Crippen LogP contribution in [0.1, 0.15) is 9.67 Å². The predicted molar refractivity (Wildman–Crippen MR) is 80.6 cm³/mol. The molecule has 1 heterocycles.